The lowest BCUT2D eigenvalue weighted by atomic mass is 9.63. The smallest absolute Gasteiger partial charge is 0.242 e. The molecule has 134 valence electrons. The van der Waals surface area contributed by atoms with Gasteiger partial charge < -0.3 is 10.1 Å². The number of aryl methyl sites for hydroxylation is 1. The molecular formula is C19H22BN3O2S. The number of hydrogen-bond donors (Lipinski definition) is 2. The van der Waals surface area contributed by atoms with Gasteiger partial charge in [-0.15, -0.1) is 11.3 Å². The third-order valence-corrected chi connectivity index (χ3v) is 7.26. The van der Waals surface area contributed by atoms with Crippen LogP contribution in [-0.2, 0) is 22.2 Å². The van der Waals surface area contributed by atoms with E-state index in [0.29, 0.717) is 6.42 Å². The van der Waals surface area contributed by atoms with E-state index in [1.54, 1.807) is 25.5 Å². The van der Waals surface area contributed by atoms with Crippen LogP contribution in [0.1, 0.15) is 29.3 Å². The number of methoxy groups -OCH3 is 1. The van der Waals surface area contributed by atoms with Crippen molar-refractivity contribution in [1.29, 1.82) is 5.41 Å². The summed E-state index contributed by atoms with van der Waals surface area (Å²) in [5, 5.41) is 13.8. The summed E-state index contributed by atoms with van der Waals surface area (Å²) in [6, 6.07) is 8.13. The molecule has 1 fully saturated rings. The molecule has 0 bridgehead atoms. The first-order valence-corrected chi connectivity index (χ1v) is 9.59. The molecule has 2 aromatic rings. The van der Waals surface area contributed by atoms with Crippen LogP contribution in [0.3, 0.4) is 0 Å². The summed E-state index contributed by atoms with van der Waals surface area (Å²) in [6.07, 6.45) is 1.54. The van der Waals surface area contributed by atoms with Crippen molar-refractivity contribution in [2.24, 2.45) is 0 Å². The SMILES string of the molecule is Bc1csc([C@@]2(C)NC(=N)N(C)C(=O)[C@@]23CCc2cc(OC)ccc23)c1. The van der Waals surface area contributed by atoms with Crippen LogP contribution in [0, 0.1) is 5.41 Å². The summed E-state index contributed by atoms with van der Waals surface area (Å²) in [4.78, 5) is 16.1. The standard InChI is InChI=1S/C19H22BN3O2S/c1-18(15-9-12(20)10-26-15)19(16(24)23(2)17(21)22-18)7-6-11-8-13(25-3)4-5-14(11)19/h4-5,8-10H,6-7,20H2,1-3H3,(H2,21,22)/t18-,19+/m1/s1. The quantitative estimate of drug-likeness (QED) is 0.782. The summed E-state index contributed by atoms with van der Waals surface area (Å²) in [7, 11) is 5.40. The third kappa shape index (κ3) is 2.03. The average Bonchev–Trinajstić information content (AvgIpc) is 3.23. The molecule has 1 amide bonds. The summed E-state index contributed by atoms with van der Waals surface area (Å²) >= 11 is 1.65. The number of ether oxygens (including phenoxy) is 1. The van der Waals surface area contributed by atoms with Crippen LogP contribution in [0.15, 0.2) is 29.6 Å². The molecule has 1 saturated heterocycles. The number of rotatable bonds is 2. The minimum atomic E-state index is -0.731. The van der Waals surface area contributed by atoms with E-state index in [4.69, 9.17) is 10.1 Å². The molecule has 26 heavy (non-hydrogen) atoms. The van der Waals surface area contributed by atoms with Gasteiger partial charge in [0, 0.05) is 11.9 Å². The summed E-state index contributed by atoms with van der Waals surface area (Å²) in [6.45, 7) is 2.07. The van der Waals surface area contributed by atoms with Crippen molar-refractivity contribution in [1.82, 2.24) is 10.2 Å². The third-order valence-electron chi connectivity index (χ3n) is 5.99. The largest absolute Gasteiger partial charge is 0.497 e. The predicted octanol–water partition coefficient (Wildman–Crippen LogP) is 1.11. The molecule has 1 aliphatic heterocycles. The molecule has 0 saturated carbocycles. The van der Waals surface area contributed by atoms with Gasteiger partial charge in [-0.1, -0.05) is 17.6 Å². The van der Waals surface area contributed by atoms with Crippen LogP contribution in [-0.4, -0.2) is 38.8 Å². The van der Waals surface area contributed by atoms with Gasteiger partial charge in [0.2, 0.25) is 5.91 Å². The minimum absolute atomic E-state index is 0.0151. The maximum atomic E-state index is 13.6. The zero-order valence-corrected chi connectivity index (χ0v) is 16.3. The molecule has 2 aliphatic rings. The van der Waals surface area contributed by atoms with E-state index in [1.807, 2.05) is 18.2 Å². The van der Waals surface area contributed by atoms with Crippen molar-refractivity contribution < 1.29 is 9.53 Å². The maximum Gasteiger partial charge on any atom is 0.242 e. The number of hydrogen-bond acceptors (Lipinski definition) is 4. The Bertz CT molecular complexity index is 927. The van der Waals surface area contributed by atoms with Gasteiger partial charge in [-0.3, -0.25) is 15.1 Å². The van der Waals surface area contributed by atoms with Gasteiger partial charge in [0.15, 0.2) is 5.96 Å². The number of nitrogens with one attached hydrogen (secondary N) is 2. The van der Waals surface area contributed by atoms with E-state index in [9.17, 15) is 4.79 Å². The van der Waals surface area contributed by atoms with E-state index >= 15 is 0 Å². The topological polar surface area (TPSA) is 65.4 Å². The molecule has 5 nitrogen and oxygen atoms in total. The van der Waals surface area contributed by atoms with Crippen molar-refractivity contribution in [3.8, 4) is 5.75 Å². The molecule has 1 aromatic heterocycles. The zero-order chi connectivity index (χ0) is 18.7. The Kier molecular flexibility index (Phi) is 3.70. The summed E-state index contributed by atoms with van der Waals surface area (Å²) < 4.78 is 5.38. The van der Waals surface area contributed by atoms with Gasteiger partial charge in [-0.05, 0) is 48.4 Å². The number of fused-ring (bicyclic) bond motifs is 2. The maximum absolute atomic E-state index is 13.6. The van der Waals surface area contributed by atoms with E-state index in [-0.39, 0.29) is 11.9 Å². The molecule has 0 radical (unpaired) electrons. The molecule has 0 unspecified atom stereocenters. The summed E-state index contributed by atoms with van der Waals surface area (Å²) in [5.41, 5.74) is 1.98. The minimum Gasteiger partial charge on any atom is -0.497 e. The molecular weight excluding hydrogens is 345 g/mol. The monoisotopic (exact) mass is 367 g/mol. The first-order valence-electron chi connectivity index (χ1n) is 8.71. The first-order chi connectivity index (χ1) is 12.3. The number of thiophene rings is 1. The fourth-order valence-electron chi connectivity index (χ4n) is 4.51. The average molecular weight is 367 g/mol. The predicted molar refractivity (Wildman–Crippen MR) is 106 cm³/mol. The molecule has 1 aromatic carbocycles. The number of likely N-dealkylation sites (N-methyl/N-ethyl adjacent to an activating group) is 1. The van der Waals surface area contributed by atoms with Gasteiger partial charge in [0.1, 0.15) is 19.0 Å². The highest BCUT2D eigenvalue weighted by molar-refractivity contribution is 7.11. The molecule has 2 N–H and O–H groups in total. The number of carbonyl (C=O) groups is 1. The van der Waals surface area contributed by atoms with Crippen molar-refractivity contribution in [3.63, 3.8) is 0 Å². The number of benzene rings is 1. The summed E-state index contributed by atoms with van der Waals surface area (Å²) in [5.74, 6) is 0.946. The highest BCUT2D eigenvalue weighted by Crippen LogP contribution is 2.54. The second kappa shape index (κ2) is 5.61. The number of guanidine groups is 1. The fraction of sp³-hybridized carbons (Fsp3) is 0.368. The van der Waals surface area contributed by atoms with Crippen LogP contribution in [0.5, 0.6) is 5.75 Å². The van der Waals surface area contributed by atoms with Crippen LogP contribution in [0.4, 0.5) is 0 Å². The Labute approximate surface area is 158 Å². The van der Waals surface area contributed by atoms with Crippen LogP contribution in [0.25, 0.3) is 0 Å². The zero-order valence-electron chi connectivity index (χ0n) is 15.5. The molecule has 7 heteroatoms. The Morgan fingerprint density at radius 1 is 1.38 bits per heavy atom. The lowest BCUT2D eigenvalue weighted by molar-refractivity contribution is -0.138. The lowest BCUT2D eigenvalue weighted by Gasteiger charge is -2.52. The Morgan fingerprint density at radius 3 is 2.81 bits per heavy atom. The number of amides is 1. The second-order valence-electron chi connectivity index (χ2n) is 7.38. The van der Waals surface area contributed by atoms with E-state index in [2.05, 4.69) is 31.5 Å². The van der Waals surface area contributed by atoms with Gasteiger partial charge >= 0.3 is 0 Å². The fourth-order valence-corrected chi connectivity index (χ4v) is 5.61. The van der Waals surface area contributed by atoms with Crippen molar-refractivity contribution >= 4 is 36.5 Å². The van der Waals surface area contributed by atoms with E-state index in [1.165, 1.54) is 10.4 Å². The van der Waals surface area contributed by atoms with Gasteiger partial charge in [0.25, 0.3) is 0 Å². The Morgan fingerprint density at radius 2 is 2.15 bits per heavy atom. The van der Waals surface area contributed by atoms with Gasteiger partial charge in [-0.25, -0.2) is 0 Å². The number of nitrogens with zero attached hydrogens (tertiary/aromatic N) is 1. The van der Waals surface area contributed by atoms with Crippen molar-refractivity contribution in [2.75, 3.05) is 14.2 Å². The molecule has 1 aliphatic carbocycles. The lowest BCUT2D eigenvalue weighted by Crippen LogP contribution is -2.71. The Hall–Kier alpha value is -2.28. The molecule has 1 spiro atoms. The van der Waals surface area contributed by atoms with Gasteiger partial charge in [0.05, 0.1) is 12.6 Å². The van der Waals surface area contributed by atoms with Crippen molar-refractivity contribution in [3.05, 3.63) is 45.6 Å². The molecule has 2 heterocycles. The van der Waals surface area contributed by atoms with Gasteiger partial charge in [-0.2, -0.15) is 0 Å². The van der Waals surface area contributed by atoms with Crippen LogP contribution >= 0.6 is 11.3 Å². The normalized spacial score (nSPS) is 27.6. The second-order valence-corrected chi connectivity index (χ2v) is 8.29. The Balaban J connectivity index is 1.97. The van der Waals surface area contributed by atoms with E-state index < -0.39 is 11.0 Å². The highest BCUT2D eigenvalue weighted by atomic mass is 32.1. The highest BCUT2D eigenvalue weighted by Gasteiger charge is 2.63. The van der Waals surface area contributed by atoms with Crippen molar-refractivity contribution in [2.45, 2.75) is 30.7 Å². The molecule has 2 atom stereocenters. The first kappa shape index (κ1) is 17.2. The van der Waals surface area contributed by atoms with E-state index in [0.717, 1.165) is 28.2 Å². The number of carbonyl (C=O) groups excluding carboxylic acids is 1. The van der Waals surface area contributed by atoms with Crippen LogP contribution in [0.2, 0.25) is 0 Å². The van der Waals surface area contributed by atoms with Crippen LogP contribution < -0.4 is 15.5 Å². The molecule has 4 rings (SSSR count).